The smallest absolute Gasteiger partial charge is 0.0109 e. The van der Waals surface area contributed by atoms with Gasteiger partial charge in [0.2, 0.25) is 0 Å². The van der Waals surface area contributed by atoms with E-state index in [1.54, 1.807) is 0 Å². The van der Waals surface area contributed by atoms with Gasteiger partial charge in [-0.2, -0.15) is 0 Å². The van der Waals surface area contributed by atoms with Crippen LogP contribution >= 0.6 is 0 Å². The second kappa shape index (κ2) is 6.12. The van der Waals surface area contributed by atoms with Crippen molar-refractivity contribution in [1.82, 2.24) is 5.32 Å². The van der Waals surface area contributed by atoms with E-state index in [0.29, 0.717) is 5.92 Å². The molecule has 0 amide bonds. The van der Waals surface area contributed by atoms with E-state index in [9.17, 15) is 0 Å². The summed E-state index contributed by atoms with van der Waals surface area (Å²) in [4.78, 5) is 0. The van der Waals surface area contributed by atoms with E-state index in [-0.39, 0.29) is 0 Å². The number of hydrogen-bond acceptors (Lipinski definition) is 1. The first-order chi connectivity index (χ1) is 7.50. The summed E-state index contributed by atoms with van der Waals surface area (Å²) in [5.74, 6) is 2.20. The van der Waals surface area contributed by atoms with Crippen molar-refractivity contribution >= 4 is 0 Å². The summed E-state index contributed by atoms with van der Waals surface area (Å²) in [7, 11) is 0. The monoisotopic (exact) mass is 221 g/mol. The lowest BCUT2D eigenvalue weighted by Crippen LogP contribution is -2.20. The van der Waals surface area contributed by atoms with E-state index < -0.39 is 0 Å². The lowest BCUT2D eigenvalue weighted by Gasteiger charge is -2.21. The third kappa shape index (κ3) is 4.03. The summed E-state index contributed by atoms with van der Waals surface area (Å²) in [5, 5.41) is 3.42. The summed E-state index contributed by atoms with van der Waals surface area (Å²) in [6.07, 6.45) is 6.27. The Morgan fingerprint density at radius 1 is 1.31 bits per heavy atom. The molecule has 1 aliphatic carbocycles. The first kappa shape index (κ1) is 13.3. The fourth-order valence-electron chi connectivity index (χ4n) is 2.51. The van der Waals surface area contributed by atoms with Crippen molar-refractivity contribution in [3.8, 4) is 0 Å². The normalized spacial score (nSPS) is 24.8. The Kier molecular flexibility index (Phi) is 5.11. The third-order valence-corrected chi connectivity index (χ3v) is 3.67. The average Bonchev–Trinajstić information content (AvgIpc) is 2.61. The minimum Gasteiger partial charge on any atom is -0.363 e. The highest BCUT2D eigenvalue weighted by molar-refractivity contribution is 5.10. The van der Waals surface area contributed by atoms with E-state index in [4.69, 9.17) is 0 Å². The molecule has 0 radical (unpaired) electrons. The molecule has 0 aliphatic heterocycles. The standard InChI is InChI=1S/C15H27N/c1-11(2)9-10-13(4)16-14(5)15-8-6-7-12(15)3/h11-12,15-16H,4-10H2,1-3H3. The van der Waals surface area contributed by atoms with Crippen molar-refractivity contribution in [2.75, 3.05) is 0 Å². The minimum atomic E-state index is 0.663. The predicted molar refractivity (Wildman–Crippen MR) is 72.0 cm³/mol. The molecule has 1 nitrogen and oxygen atoms in total. The van der Waals surface area contributed by atoms with Crippen LogP contribution in [0, 0.1) is 17.8 Å². The summed E-state index contributed by atoms with van der Waals surface area (Å²) >= 11 is 0. The van der Waals surface area contributed by atoms with Gasteiger partial charge in [-0.3, -0.25) is 0 Å². The zero-order chi connectivity index (χ0) is 12.1. The molecule has 1 fully saturated rings. The van der Waals surface area contributed by atoms with Crippen LogP contribution in [0.1, 0.15) is 52.9 Å². The molecule has 16 heavy (non-hydrogen) atoms. The Balaban J connectivity index is 2.30. The number of hydrogen-bond donors (Lipinski definition) is 1. The molecule has 1 rings (SSSR count). The zero-order valence-corrected chi connectivity index (χ0v) is 11.2. The Bertz CT molecular complexity index is 252. The molecule has 0 aromatic carbocycles. The second-order valence-corrected chi connectivity index (χ2v) is 5.70. The van der Waals surface area contributed by atoms with Gasteiger partial charge in [-0.1, -0.05) is 46.8 Å². The van der Waals surface area contributed by atoms with Crippen molar-refractivity contribution in [2.24, 2.45) is 17.8 Å². The Labute approximate surface area is 101 Å². The van der Waals surface area contributed by atoms with Gasteiger partial charge in [0, 0.05) is 17.3 Å². The summed E-state index contributed by atoms with van der Waals surface area (Å²) < 4.78 is 0. The van der Waals surface area contributed by atoms with E-state index >= 15 is 0 Å². The minimum absolute atomic E-state index is 0.663. The predicted octanol–water partition coefficient (Wildman–Crippen LogP) is 4.48. The van der Waals surface area contributed by atoms with Gasteiger partial charge in [0.1, 0.15) is 0 Å². The first-order valence-corrected chi connectivity index (χ1v) is 6.64. The molecule has 2 unspecified atom stereocenters. The summed E-state index contributed by atoms with van der Waals surface area (Å²) in [6, 6.07) is 0. The van der Waals surface area contributed by atoms with Crippen LogP contribution in [0.2, 0.25) is 0 Å². The van der Waals surface area contributed by atoms with Gasteiger partial charge < -0.3 is 5.32 Å². The van der Waals surface area contributed by atoms with Crippen LogP contribution in [-0.2, 0) is 0 Å². The van der Waals surface area contributed by atoms with Crippen LogP contribution in [0.15, 0.2) is 24.6 Å². The molecule has 2 atom stereocenters. The molecular weight excluding hydrogens is 194 g/mol. The molecule has 1 aliphatic rings. The van der Waals surface area contributed by atoms with Gasteiger partial charge in [-0.15, -0.1) is 0 Å². The fourth-order valence-corrected chi connectivity index (χ4v) is 2.51. The van der Waals surface area contributed by atoms with Crippen molar-refractivity contribution in [3.63, 3.8) is 0 Å². The van der Waals surface area contributed by atoms with Gasteiger partial charge >= 0.3 is 0 Å². The van der Waals surface area contributed by atoms with Gasteiger partial charge in [0.25, 0.3) is 0 Å². The van der Waals surface area contributed by atoms with Gasteiger partial charge in [-0.05, 0) is 31.1 Å². The molecule has 1 saturated carbocycles. The molecule has 0 spiro atoms. The maximum Gasteiger partial charge on any atom is 0.0109 e. The van der Waals surface area contributed by atoms with E-state index in [2.05, 4.69) is 39.2 Å². The SMILES string of the molecule is C=C(CCC(C)C)NC(=C)C1CCCC1C. The van der Waals surface area contributed by atoms with Crippen LogP contribution in [0.4, 0.5) is 0 Å². The Morgan fingerprint density at radius 3 is 2.50 bits per heavy atom. The number of allylic oxidation sites excluding steroid dienone is 2. The van der Waals surface area contributed by atoms with Crippen LogP contribution in [0.3, 0.4) is 0 Å². The molecule has 0 aromatic heterocycles. The third-order valence-electron chi connectivity index (χ3n) is 3.67. The fraction of sp³-hybridized carbons (Fsp3) is 0.733. The van der Waals surface area contributed by atoms with Crippen LogP contribution < -0.4 is 5.32 Å². The van der Waals surface area contributed by atoms with Crippen molar-refractivity contribution < 1.29 is 0 Å². The highest BCUT2D eigenvalue weighted by Crippen LogP contribution is 2.35. The van der Waals surface area contributed by atoms with Crippen molar-refractivity contribution in [3.05, 3.63) is 24.6 Å². The summed E-state index contributed by atoms with van der Waals surface area (Å²) in [5.41, 5.74) is 2.33. The van der Waals surface area contributed by atoms with E-state index in [1.807, 2.05) is 0 Å². The topological polar surface area (TPSA) is 12.0 Å². The van der Waals surface area contributed by atoms with Crippen molar-refractivity contribution in [2.45, 2.75) is 52.9 Å². The van der Waals surface area contributed by atoms with Gasteiger partial charge in [-0.25, -0.2) is 0 Å². The second-order valence-electron chi connectivity index (χ2n) is 5.70. The molecule has 0 saturated heterocycles. The van der Waals surface area contributed by atoms with Gasteiger partial charge in [0.15, 0.2) is 0 Å². The zero-order valence-electron chi connectivity index (χ0n) is 11.2. The molecular formula is C15H27N. The lowest BCUT2D eigenvalue weighted by atomic mass is 9.95. The molecule has 1 N–H and O–H groups in total. The largest absolute Gasteiger partial charge is 0.363 e. The van der Waals surface area contributed by atoms with Crippen LogP contribution in [0.25, 0.3) is 0 Å². The maximum absolute atomic E-state index is 4.18. The lowest BCUT2D eigenvalue weighted by molar-refractivity contribution is 0.459. The van der Waals surface area contributed by atoms with Crippen LogP contribution in [0.5, 0.6) is 0 Å². The van der Waals surface area contributed by atoms with Crippen LogP contribution in [-0.4, -0.2) is 0 Å². The molecule has 0 heterocycles. The van der Waals surface area contributed by atoms with E-state index in [0.717, 1.165) is 24.0 Å². The Morgan fingerprint density at radius 2 is 2.00 bits per heavy atom. The van der Waals surface area contributed by atoms with E-state index in [1.165, 1.54) is 31.4 Å². The summed E-state index contributed by atoms with van der Waals surface area (Å²) in [6.45, 7) is 15.1. The first-order valence-electron chi connectivity index (χ1n) is 6.64. The molecule has 0 bridgehead atoms. The molecule has 1 heteroatoms. The quantitative estimate of drug-likeness (QED) is 0.697. The number of rotatable bonds is 6. The highest BCUT2D eigenvalue weighted by atomic mass is 14.9. The number of nitrogens with one attached hydrogen (secondary N) is 1. The van der Waals surface area contributed by atoms with Gasteiger partial charge in [0.05, 0.1) is 0 Å². The average molecular weight is 221 g/mol. The Hall–Kier alpha value is -0.720. The molecule has 0 aromatic rings. The molecule has 92 valence electrons. The highest BCUT2D eigenvalue weighted by Gasteiger charge is 2.25. The van der Waals surface area contributed by atoms with Crippen molar-refractivity contribution in [1.29, 1.82) is 0 Å². The maximum atomic E-state index is 4.18.